The lowest BCUT2D eigenvalue weighted by Gasteiger charge is -2.26. The highest BCUT2D eigenvalue weighted by atomic mass is 16.5. The maximum atomic E-state index is 11.8. The Hall–Kier alpha value is -2.10. The zero-order valence-corrected chi connectivity index (χ0v) is 11.5. The average Bonchev–Trinajstić information content (AvgIpc) is 2.46. The molecule has 0 aromatic heterocycles. The summed E-state index contributed by atoms with van der Waals surface area (Å²) in [5.74, 6) is -0.0491. The molecule has 0 fully saturated rings. The van der Waals surface area contributed by atoms with Crippen LogP contribution >= 0.6 is 0 Å². The maximum Gasteiger partial charge on any atom is 0.407 e. The van der Waals surface area contributed by atoms with Crippen LogP contribution in [0.5, 0.6) is 0 Å². The van der Waals surface area contributed by atoms with Gasteiger partial charge in [-0.3, -0.25) is 4.79 Å². The van der Waals surface area contributed by atoms with Gasteiger partial charge in [0.2, 0.25) is 0 Å². The van der Waals surface area contributed by atoms with Gasteiger partial charge in [-0.2, -0.15) is 0 Å². The van der Waals surface area contributed by atoms with Crippen LogP contribution in [0.2, 0.25) is 0 Å². The molecule has 0 aliphatic heterocycles. The van der Waals surface area contributed by atoms with Crippen LogP contribution in [0.3, 0.4) is 0 Å². The normalized spacial score (nSPS) is 21.2. The summed E-state index contributed by atoms with van der Waals surface area (Å²) in [4.78, 5) is 23.3. The van der Waals surface area contributed by atoms with Crippen molar-refractivity contribution in [1.29, 1.82) is 0 Å². The Balaban J connectivity index is 1.85. The number of allylic oxidation sites excluding steroid dienone is 1. The van der Waals surface area contributed by atoms with E-state index in [0.29, 0.717) is 0 Å². The summed E-state index contributed by atoms with van der Waals surface area (Å²) in [5.41, 5.74) is 0.935. The lowest BCUT2D eigenvalue weighted by atomic mass is 9.87. The molecule has 2 rings (SSSR count). The number of hydrogen-bond donors (Lipinski definition) is 1. The molecule has 20 heavy (non-hydrogen) atoms. The van der Waals surface area contributed by atoms with Gasteiger partial charge >= 0.3 is 6.09 Å². The van der Waals surface area contributed by atoms with Crippen LogP contribution < -0.4 is 5.32 Å². The Morgan fingerprint density at radius 2 is 2.05 bits per heavy atom. The van der Waals surface area contributed by atoms with Crippen LogP contribution in [-0.4, -0.2) is 17.9 Å². The van der Waals surface area contributed by atoms with Crippen LogP contribution in [-0.2, 0) is 16.1 Å². The molecule has 1 aromatic rings. The molecule has 1 aromatic carbocycles. The van der Waals surface area contributed by atoms with Crippen molar-refractivity contribution < 1.29 is 14.3 Å². The van der Waals surface area contributed by atoms with E-state index in [0.717, 1.165) is 18.4 Å². The van der Waals surface area contributed by atoms with Gasteiger partial charge in [0.15, 0.2) is 0 Å². The lowest BCUT2D eigenvalue weighted by Crippen LogP contribution is -2.42. The van der Waals surface area contributed by atoms with Crippen molar-refractivity contribution in [3.8, 4) is 0 Å². The first kappa shape index (κ1) is 14.3. The van der Waals surface area contributed by atoms with Crippen molar-refractivity contribution in [2.75, 3.05) is 0 Å². The van der Waals surface area contributed by atoms with Crippen LogP contribution in [0.1, 0.15) is 25.3 Å². The van der Waals surface area contributed by atoms with Gasteiger partial charge in [-0.05, 0) is 25.3 Å². The Morgan fingerprint density at radius 1 is 1.30 bits per heavy atom. The number of rotatable bonds is 4. The van der Waals surface area contributed by atoms with Crippen LogP contribution in [0.15, 0.2) is 42.5 Å². The Morgan fingerprint density at radius 3 is 2.75 bits per heavy atom. The van der Waals surface area contributed by atoms with Gasteiger partial charge in [0.1, 0.15) is 12.4 Å². The number of ketones is 1. The third-order valence-electron chi connectivity index (χ3n) is 3.44. The molecule has 1 N–H and O–H groups in total. The quantitative estimate of drug-likeness (QED) is 0.858. The fourth-order valence-electron chi connectivity index (χ4n) is 2.34. The minimum absolute atomic E-state index is 0.0997. The standard InChI is InChI=1S/C16H19NO3/c1-12(18)14-9-5-6-10-15(14)17-16(19)20-11-13-7-3-2-4-8-13/h2-4,6-8,10,14-15H,5,9,11H2,1H3,(H,17,19)/t14-,15-/m1/s1. The first-order chi connectivity index (χ1) is 9.66. The molecule has 1 amide bonds. The SMILES string of the molecule is CC(=O)[C@H]1CCC=C[C@H]1NC(=O)OCc1ccccc1. The van der Waals surface area contributed by atoms with Gasteiger partial charge in [-0.1, -0.05) is 42.5 Å². The molecule has 106 valence electrons. The number of benzene rings is 1. The summed E-state index contributed by atoms with van der Waals surface area (Å²) in [5, 5.41) is 2.75. The average molecular weight is 273 g/mol. The molecule has 0 spiro atoms. The zero-order valence-electron chi connectivity index (χ0n) is 11.5. The molecule has 2 atom stereocenters. The van der Waals surface area contributed by atoms with Crippen LogP contribution in [0, 0.1) is 5.92 Å². The third kappa shape index (κ3) is 3.95. The molecule has 0 saturated heterocycles. The van der Waals surface area contributed by atoms with Gasteiger partial charge < -0.3 is 10.1 Å². The lowest BCUT2D eigenvalue weighted by molar-refractivity contribution is -0.121. The Kier molecular flexibility index (Phi) is 4.93. The van der Waals surface area contributed by atoms with E-state index in [9.17, 15) is 9.59 Å². The number of amides is 1. The Bertz CT molecular complexity index is 496. The van der Waals surface area contributed by atoms with Gasteiger partial charge in [-0.15, -0.1) is 0 Å². The smallest absolute Gasteiger partial charge is 0.407 e. The van der Waals surface area contributed by atoms with E-state index in [1.807, 2.05) is 42.5 Å². The predicted molar refractivity (Wildman–Crippen MR) is 76.1 cm³/mol. The minimum atomic E-state index is -0.489. The van der Waals surface area contributed by atoms with Crippen molar-refractivity contribution >= 4 is 11.9 Å². The van der Waals surface area contributed by atoms with E-state index in [2.05, 4.69) is 5.32 Å². The molecule has 0 bridgehead atoms. The number of hydrogen-bond acceptors (Lipinski definition) is 3. The number of alkyl carbamates (subject to hydrolysis) is 1. The summed E-state index contributed by atoms with van der Waals surface area (Å²) in [6.45, 7) is 1.79. The van der Waals surface area contributed by atoms with E-state index in [1.165, 1.54) is 0 Å². The van der Waals surface area contributed by atoms with Crippen molar-refractivity contribution in [2.24, 2.45) is 5.92 Å². The van der Waals surface area contributed by atoms with E-state index in [1.54, 1.807) is 6.92 Å². The highest BCUT2D eigenvalue weighted by Gasteiger charge is 2.27. The summed E-state index contributed by atoms with van der Waals surface area (Å²) >= 11 is 0. The Labute approximate surface area is 118 Å². The summed E-state index contributed by atoms with van der Waals surface area (Å²) in [7, 11) is 0. The van der Waals surface area contributed by atoms with Gasteiger partial charge in [0, 0.05) is 5.92 Å². The molecule has 0 saturated carbocycles. The van der Waals surface area contributed by atoms with Crippen LogP contribution in [0.25, 0.3) is 0 Å². The first-order valence-corrected chi connectivity index (χ1v) is 6.81. The number of carbonyl (C=O) groups is 2. The summed E-state index contributed by atoms with van der Waals surface area (Å²) in [6, 6.07) is 9.23. The summed E-state index contributed by atoms with van der Waals surface area (Å²) < 4.78 is 5.16. The second kappa shape index (κ2) is 6.89. The summed E-state index contributed by atoms with van der Waals surface area (Å²) in [6.07, 6.45) is 5.02. The first-order valence-electron chi connectivity index (χ1n) is 6.81. The second-order valence-electron chi connectivity index (χ2n) is 4.95. The fraction of sp³-hybridized carbons (Fsp3) is 0.375. The highest BCUT2D eigenvalue weighted by molar-refractivity contribution is 5.80. The van der Waals surface area contributed by atoms with E-state index in [4.69, 9.17) is 4.74 Å². The van der Waals surface area contributed by atoms with Gasteiger partial charge in [0.25, 0.3) is 0 Å². The third-order valence-corrected chi connectivity index (χ3v) is 3.44. The minimum Gasteiger partial charge on any atom is -0.445 e. The number of ether oxygens (including phenoxy) is 1. The van der Waals surface area contributed by atoms with Crippen molar-refractivity contribution in [3.05, 3.63) is 48.0 Å². The molecular weight excluding hydrogens is 254 g/mol. The monoisotopic (exact) mass is 273 g/mol. The van der Waals surface area contributed by atoms with Crippen LogP contribution in [0.4, 0.5) is 4.79 Å². The number of nitrogens with one attached hydrogen (secondary N) is 1. The second-order valence-corrected chi connectivity index (χ2v) is 4.95. The zero-order chi connectivity index (χ0) is 14.4. The van der Waals surface area contributed by atoms with E-state index in [-0.39, 0.29) is 24.3 Å². The number of Topliss-reactive ketones (excluding diaryl/α,β-unsaturated/α-hetero) is 1. The van der Waals surface area contributed by atoms with E-state index >= 15 is 0 Å². The molecule has 1 aliphatic rings. The maximum absolute atomic E-state index is 11.8. The molecule has 0 radical (unpaired) electrons. The number of carbonyl (C=O) groups excluding carboxylic acids is 2. The van der Waals surface area contributed by atoms with Crippen molar-refractivity contribution in [3.63, 3.8) is 0 Å². The molecule has 1 aliphatic carbocycles. The highest BCUT2D eigenvalue weighted by Crippen LogP contribution is 2.20. The van der Waals surface area contributed by atoms with Crippen molar-refractivity contribution in [1.82, 2.24) is 5.32 Å². The fourth-order valence-corrected chi connectivity index (χ4v) is 2.34. The molecule has 0 heterocycles. The molecule has 4 nitrogen and oxygen atoms in total. The largest absolute Gasteiger partial charge is 0.445 e. The topological polar surface area (TPSA) is 55.4 Å². The predicted octanol–water partition coefficient (Wildman–Crippen LogP) is 2.84. The van der Waals surface area contributed by atoms with Crippen molar-refractivity contribution in [2.45, 2.75) is 32.4 Å². The van der Waals surface area contributed by atoms with Gasteiger partial charge in [-0.25, -0.2) is 4.79 Å². The molecule has 4 heteroatoms. The van der Waals surface area contributed by atoms with E-state index < -0.39 is 6.09 Å². The van der Waals surface area contributed by atoms with Gasteiger partial charge in [0.05, 0.1) is 6.04 Å². The molecular formula is C16H19NO3. The molecule has 0 unspecified atom stereocenters.